The van der Waals surface area contributed by atoms with Gasteiger partial charge in [-0.1, -0.05) is 30.4 Å². The molecule has 64 valence electrons. The lowest BCUT2D eigenvalue weighted by molar-refractivity contribution is 1.15. The Hall–Kier alpha value is -1.24. The molecule has 0 radical (unpaired) electrons. The van der Waals surface area contributed by atoms with Gasteiger partial charge in [-0.3, -0.25) is 0 Å². The van der Waals surface area contributed by atoms with Crippen molar-refractivity contribution in [2.75, 3.05) is 12.4 Å². The summed E-state index contributed by atoms with van der Waals surface area (Å²) >= 11 is 0. The van der Waals surface area contributed by atoms with E-state index in [9.17, 15) is 0 Å². The first-order valence-electron chi connectivity index (χ1n) is 4.14. The SMILES string of the molecule is C=C(C)Cc1ccccc1NC. The zero-order chi connectivity index (χ0) is 8.97. The van der Waals surface area contributed by atoms with E-state index in [2.05, 4.69) is 30.1 Å². The second-order valence-corrected chi connectivity index (χ2v) is 3.04. The molecular formula is C11H15N. The first-order valence-corrected chi connectivity index (χ1v) is 4.14. The van der Waals surface area contributed by atoms with Crippen LogP contribution < -0.4 is 5.32 Å². The fourth-order valence-corrected chi connectivity index (χ4v) is 1.24. The van der Waals surface area contributed by atoms with Crippen LogP contribution in [0.2, 0.25) is 0 Å². The fraction of sp³-hybridized carbons (Fsp3) is 0.273. The van der Waals surface area contributed by atoms with Crippen molar-refractivity contribution in [3.63, 3.8) is 0 Å². The molecule has 12 heavy (non-hydrogen) atoms. The Morgan fingerprint density at radius 2 is 2.08 bits per heavy atom. The van der Waals surface area contributed by atoms with E-state index in [0.29, 0.717) is 0 Å². The summed E-state index contributed by atoms with van der Waals surface area (Å²) in [6.07, 6.45) is 0.955. The Labute approximate surface area is 74.1 Å². The maximum atomic E-state index is 3.90. The summed E-state index contributed by atoms with van der Waals surface area (Å²) < 4.78 is 0. The topological polar surface area (TPSA) is 12.0 Å². The van der Waals surface area contributed by atoms with E-state index in [4.69, 9.17) is 0 Å². The van der Waals surface area contributed by atoms with E-state index in [-0.39, 0.29) is 0 Å². The number of rotatable bonds is 3. The van der Waals surface area contributed by atoms with E-state index in [1.54, 1.807) is 0 Å². The lowest BCUT2D eigenvalue weighted by Crippen LogP contribution is -1.95. The zero-order valence-corrected chi connectivity index (χ0v) is 7.72. The Morgan fingerprint density at radius 3 is 2.67 bits per heavy atom. The van der Waals surface area contributed by atoms with Gasteiger partial charge < -0.3 is 5.32 Å². The smallest absolute Gasteiger partial charge is 0.0373 e. The molecule has 1 heteroatoms. The number of nitrogens with one attached hydrogen (secondary N) is 1. The van der Waals surface area contributed by atoms with Crippen LogP contribution in [0.4, 0.5) is 5.69 Å². The van der Waals surface area contributed by atoms with E-state index >= 15 is 0 Å². The number of benzene rings is 1. The van der Waals surface area contributed by atoms with Crippen molar-refractivity contribution >= 4 is 5.69 Å². The van der Waals surface area contributed by atoms with Gasteiger partial charge >= 0.3 is 0 Å². The summed E-state index contributed by atoms with van der Waals surface area (Å²) in [4.78, 5) is 0. The monoisotopic (exact) mass is 161 g/mol. The molecule has 0 aliphatic rings. The average molecular weight is 161 g/mol. The molecule has 0 unspecified atom stereocenters. The van der Waals surface area contributed by atoms with Gasteiger partial charge in [0.15, 0.2) is 0 Å². The maximum Gasteiger partial charge on any atom is 0.0373 e. The van der Waals surface area contributed by atoms with Crippen molar-refractivity contribution in [1.82, 2.24) is 0 Å². The summed E-state index contributed by atoms with van der Waals surface area (Å²) in [7, 11) is 1.94. The number of para-hydroxylation sites is 1. The molecule has 1 aromatic rings. The molecule has 0 aliphatic heterocycles. The minimum atomic E-state index is 0.955. The highest BCUT2D eigenvalue weighted by atomic mass is 14.8. The van der Waals surface area contributed by atoms with Crippen molar-refractivity contribution < 1.29 is 0 Å². The summed E-state index contributed by atoms with van der Waals surface area (Å²) in [6, 6.07) is 8.30. The number of hydrogen-bond acceptors (Lipinski definition) is 1. The van der Waals surface area contributed by atoms with Crippen LogP contribution in [0.5, 0.6) is 0 Å². The van der Waals surface area contributed by atoms with E-state index in [0.717, 1.165) is 6.42 Å². The molecule has 0 aromatic heterocycles. The van der Waals surface area contributed by atoms with E-state index in [1.807, 2.05) is 20.0 Å². The van der Waals surface area contributed by atoms with Gasteiger partial charge in [-0.15, -0.1) is 0 Å². The zero-order valence-electron chi connectivity index (χ0n) is 7.72. The minimum absolute atomic E-state index is 0.955. The van der Waals surface area contributed by atoms with Crippen LogP contribution in [0, 0.1) is 0 Å². The molecule has 1 aromatic carbocycles. The molecule has 0 fully saturated rings. The predicted octanol–water partition coefficient (Wildman–Crippen LogP) is 2.85. The van der Waals surface area contributed by atoms with Gasteiger partial charge in [0.2, 0.25) is 0 Å². The predicted molar refractivity (Wildman–Crippen MR) is 54.5 cm³/mol. The first-order chi connectivity index (χ1) is 5.74. The summed E-state index contributed by atoms with van der Waals surface area (Å²) in [6.45, 7) is 5.95. The van der Waals surface area contributed by atoms with E-state index in [1.165, 1.54) is 16.8 Å². The Balaban J connectivity index is 2.89. The highest BCUT2D eigenvalue weighted by Gasteiger charge is 1.98. The third kappa shape index (κ3) is 2.12. The van der Waals surface area contributed by atoms with Crippen LogP contribution in [-0.2, 0) is 6.42 Å². The molecule has 1 nitrogen and oxygen atoms in total. The molecule has 1 N–H and O–H groups in total. The van der Waals surface area contributed by atoms with Gasteiger partial charge in [0.25, 0.3) is 0 Å². The molecule has 0 bridgehead atoms. The second-order valence-electron chi connectivity index (χ2n) is 3.04. The number of hydrogen-bond donors (Lipinski definition) is 1. The Kier molecular flexibility index (Phi) is 2.92. The van der Waals surface area contributed by atoms with Gasteiger partial charge in [0.05, 0.1) is 0 Å². The van der Waals surface area contributed by atoms with Crippen LogP contribution in [0.25, 0.3) is 0 Å². The number of anilines is 1. The Morgan fingerprint density at radius 1 is 1.42 bits per heavy atom. The molecule has 0 atom stereocenters. The molecule has 0 saturated carbocycles. The summed E-state index contributed by atoms with van der Waals surface area (Å²) in [5.74, 6) is 0. The van der Waals surface area contributed by atoms with Crippen LogP contribution in [0.1, 0.15) is 12.5 Å². The highest BCUT2D eigenvalue weighted by molar-refractivity contribution is 5.51. The maximum absolute atomic E-state index is 3.90. The lowest BCUT2D eigenvalue weighted by atomic mass is 10.1. The summed E-state index contributed by atoms with van der Waals surface area (Å²) in [5, 5.41) is 3.16. The third-order valence-electron chi connectivity index (χ3n) is 1.78. The molecule has 0 amide bonds. The minimum Gasteiger partial charge on any atom is -0.388 e. The Bertz CT molecular complexity index is 276. The van der Waals surface area contributed by atoms with Crippen molar-refractivity contribution in [3.8, 4) is 0 Å². The largest absolute Gasteiger partial charge is 0.388 e. The molecule has 0 heterocycles. The second kappa shape index (κ2) is 3.96. The van der Waals surface area contributed by atoms with Crippen LogP contribution in [-0.4, -0.2) is 7.05 Å². The van der Waals surface area contributed by atoms with Gasteiger partial charge in [0, 0.05) is 12.7 Å². The normalized spacial score (nSPS) is 9.50. The van der Waals surface area contributed by atoms with Crippen LogP contribution >= 0.6 is 0 Å². The van der Waals surface area contributed by atoms with Gasteiger partial charge in [-0.05, 0) is 25.0 Å². The molecular weight excluding hydrogens is 146 g/mol. The number of allylic oxidation sites excluding steroid dienone is 1. The molecule has 0 saturated heterocycles. The molecule has 0 spiro atoms. The molecule has 1 rings (SSSR count). The highest BCUT2D eigenvalue weighted by Crippen LogP contribution is 2.16. The van der Waals surface area contributed by atoms with Crippen molar-refractivity contribution in [3.05, 3.63) is 42.0 Å². The average Bonchev–Trinajstić information content (AvgIpc) is 2.04. The summed E-state index contributed by atoms with van der Waals surface area (Å²) in [5.41, 5.74) is 3.70. The van der Waals surface area contributed by atoms with Gasteiger partial charge in [0.1, 0.15) is 0 Å². The van der Waals surface area contributed by atoms with Crippen molar-refractivity contribution in [2.24, 2.45) is 0 Å². The molecule has 0 aliphatic carbocycles. The third-order valence-corrected chi connectivity index (χ3v) is 1.78. The van der Waals surface area contributed by atoms with Crippen LogP contribution in [0.3, 0.4) is 0 Å². The van der Waals surface area contributed by atoms with Gasteiger partial charge in [-0.2, -0.15) is 0 Å². The standard InChI is InChI=1S/C11H15N/c1-9(2)8-10-6-4-5-7-11(10)12-3/h4-7,12H,1,8H2,2-3H3. The first kappa shape index (κ1) is 8.85. The van der Waals surface area contributed by atoms with Crippen molar-refractivity contribution in [2.45, 2.75) is 13.3 Å². The fourth-order valence-electron chi connectivity index (χ4n) is 1.24. The van der Waals surface area contributed by atoms with Gasteiger partial charge in [-0.25, -0.2) is 0 Å². The quantitative estimate of drug-likeness (QED) is 0.672. The van der Waals surface area contributed by atoms with Crippen LogP contribution in [0.15, 0.2) is 36.4 Å². The van der Waals surface area contributed by atoms with Crippen molar-refractivity contribution in [1.29, 1.82) is 0 Å². The van der Waals surface area contributed by atoms with E-state index < -0.39 is 0 Å². The lowest BCUT2D eigenvalue weighted by Gasteiger charge is -2.07.